The van der Waals surface area contributed by atoms with Crippen LogP contribution in [0.15, 0.2) is 11.4 Å². The van der Waals surface area contributed by atoms with Gasteiger partial charge in [-0.15, -0.1) is 11.3 Å². The first-order valence-electron chi connectivity index (χ1n) is 6.31. The van der Waals surface area contributed by atoms with Crippen molar-refractivity contribution in [2.75, 3.05) is 13.1 Å². The zero-order valence-electron chi connectivity index (χ0n) is 10.5. The van der Waals surface area contributed by atoms with Crippen molar-refractivity contribution in [2.45, 2.75) is 38.8 Å². The predicted molar refractivity (Wildman–Crippen MR) is 75.7 cm³/mol. The highest BCUT2D eigenvalue weighted by Crippen LogP contribution is 2.33. The van der Waals surface area contributed by atoms with E-state index in [4.69, 9.17) is 17.3 Å². The fourth-order valence-electron chi connectivity index (χ4n) is 2.68. The summed E-state index contributed by atoms with van der Waals surface area (Å²) in [4.78, 5) is 2.57. The molecular weight excluding hydrogens is 252 g/mol. The normalized spacial score (nSPS) is 28.2. The fourth-order valence-corrected chi connectivity index (χ4v) is 3.66. The van der Waals surface area contributed by atoms with Crippen molar-refractivity contribution < 1.29 is 0 Å². The monoisotopic (exact) mass is 272 g/mol. The molecule has 3 atom stereocenters. The second-order valence-electron chi connectivity index (χ2n) is 5.09. The molecule has 4 heteroatoms. The van der Waals surface area contributed by atoms with Gasteiger partial charge in [0.25, 0.3) is 0 Å². The number of likely N-dealkylation sites (tertiary alicyclic amines) is 1. The summed E-state index contributed by atoms with van der Waals surface area (Å²) in [6.07, 6.45) is 2.52. The van der Waals surface area contributed by atoms with Crippen LogP contribution in [0.2, 0.25) is 4.34 Å². The zero-order chi connectivity index (χ0) is 12.4. The molecule has 1 aromatic heterocycles. The molecule has 0 aliphatic carbocycles. The number of halogens is 1. The Morgan fingerprint density at radius 3 is 2.94 bits per heavy atom. The first-order valence-corrected chi connectivity index (χ1v) is 7.57. The fraction of sp³-hybridized carbons (Fsp3) is 0.692. The first-order chi connectivity index (χ1) is 8.11. The molecule has 0 spiro atoms. The van der Waals surface area contributed by atoms with Crippen LogP contribution >= 0.6 is 22.9 Å². The molecule has 0 radical (unpaired) electrons. The van der Waals surface area contributed by atoms with Gasteiger partial charge in [-0.3, -0.25) is 4.90 Å². The van der Waals surface area contributed by atoms with Gasteiger partial charge in [0.1, 0.15) is 0 Å². The van der Waals surface area contributed by atoms with E-state index in [1.54, 1.807) is 11.3 Å². The lowest BCUT2D eigenvalue weighted by molar-refractivity contribution is 0.0814. The molecule has 1 aliphatic rings. The van der Waals surface area contributed by atoms with Crippen molar-refractivity contribution in [2.24, 2.45) is 11.7 Å². The number of thiophene rings is 1. The van der Waals surface area contributed by atoms with Crippen molar-refractivity contribution in [1.82, 2.24) is 4.90 Å². The van der Waals surface area contributed by atoms with Gasteiger partial charge in [-0.2, -0.15) is 0 Å². The maximum Gasteiger partial charge on any atom is 0.0931 e. The number of hydrogen-bond acceptors (Lipinski definition) is 3. The first kappa shape index (κ1) is 13.3. The SMILES string of the molecule is CC1CCC(CN)CN1C(C)c1csc(Cl)c1. The molecule has 1 aromatic rings. The van der Waals surface area contributed by atoms with E-state index in [0.29, 0.717) is 18.0 Å². The van der Waals surface area contributed by atoms with E-state index in [1.807, 2.05) is 0 Å². The van der Waals surface area contributed by atoms with Crippen LogP contribution in [-0.2, 0) is 0 Å². The van der Waals surface area contributed by atoms with E-state index in [0.717, 1.165) is 17.4 Å². The Morgan fingerprint density at radius 1 is 1.59 bits per heavy atom. The van der Waals surface area contributed by atoms with Crippen LogP contribution in [0.25, 0.3) is 0 Å². The Kier molecular flexibility index (Phi) is 4.47. The molecule has 1 aliphatic heterocycles. The van der Waals surface area contributed by atoms with Crippen LogP contribution in [0.3, 0.4) is 0 Å². The molecule has 17 heavy (non-hydrogen) atoms. The lowest BCUT2D eigenvalue weighted by Gasteiger charge is -2.41. The van der Waals surface area contributed by atoms with Gasteiger partial charge >= 0.3 is 0 Å². The number of nitrogens with two attached hydrogens (primary N) is 1. The molecule has 96 valence electrons. The molecule has 2 nitrogen and oxygen atoms in total. The summed E-state index contributed by atoms with van der Waals surface area (Å²) < 4.78 is 0.881. The smallest absolute Gasteiger partial charge is 0.0931 e. The lowest BCUT2D eigenvalue weighted by atomic mass is 9.91. The second kappa shape index (κ2) is 5.70. The maximum absolute atomic E-state index is 6.02. The molecule has 0 saturated carbocycles. The van der Waals surface area contributed by atoms with Crippen LogP contribution in [0, 0.1) is 5.92 Å². The highest BCUT2D eigenvalue weighted by Gasteiger charge is 2.29. The summed E-state index contributed by atoms with van der Waals surface area (Å²) in [5.74, 6) is 0.655. The third-order valence-electron chi connectivity index (χ3n) is 3.93. The Balaban J connectivity index is 2.09. The summed E-state index contributed by atoms with van der Waals surface area (Å²) in [5.41, 5.74) is 7.15. The number of piperidine rings is 1. The van der Waals surface area contributed by atoms with E-state index in [-0.39, 0.29) is 0 Å². The van der Waals surface area contributed by atoms with Crippen molar-refractivity contribution in [1.29, 1.82) is 0 Å². The molecule has 2 rings (SSSR count). The highest BCUT2D eigenvalue weighted by atomic mass is 35.5. The average Bonchev–Trinajstić information content (AvgIpc) is 2.76. The summed E-state index contributed by atoms with van der Waals surface area (Å²) in [6.45, 7) is 6.51. The largest absolute Gasteiger partial charge is 0.330 e. The van der Waals surface area contributed by atoms with Crippen LogP contribution in [0.5, 0.6) is 0 Å². The molecular formula is C13H21ClN2S. The van der Waals surface area contributed by atoms with Crippen LogP contribution < -0.4 is 5.73 Å². The molecule has 3 unspecified atom stereocenters. The van der Waals surface area contributed by atoms with Gasteiger partial charge in [-0.05, 0) is 56.2 Å². The molecule has 0 bridgehead atoms. The van der Waals surface area contributed by atoms with Crippen molar-refractivity contribution >= 4 is 22.9 Å². The predicted octanol–water partition coefficient (Wildman–Crippen LogP) is 3.52. The van der Waals surface area contributed by atoms with Crippen LogP contribution in [0.4, 0.5) is 0 Å². The second-order valence-corrected chi connectivity index (χ2v) is 6.63. The molecule has 2 heterocycles. The Hall–Kier alpha value is -0.0900. The minimum atomic E-state index is 0.447. The van der Waals surface area contributed by atoms with E-state index in [9.17, 15) is 0 Å². The quantitative estimate of drug-likeness (QED) is 0.912. The van der Waals surface area contributed by atoms with Crippen molar-refractivity contribution in [3.8, 4) is 0 Å². The summed E-state index contributed by atoms with van der Waals surface area (Å²) in [6, 6.07) is 3.19. The third-order valence-corrected chi connectivity index (χ3v) is 5.04. The minimum Gasteiger partial charge on any atom is -0.330 e. The molecule has 2 N–H and O–H groups in total. The zero-order valence-corrected chi connectivity index (χ0v) is 12.1. The van der Waals surface area contributed by atoms with Crippen LogP contribution in [0.1, 0.15) is 38.3 Å². The maximum atomic E-state index is 6.02. The highest BCUT2D eigenvalue weighted by molar-refractivity contribution is 7.14. The molecule has 0 amide bonds. The van der Waals surface area contributed by atoms with Gasteiger partial charge in [0.2, 0.25) is 0 Å². The van der Waals surface area contributed by atoms with Crippen molar-refractivity contribution in [3.63, 3.8) is 0 Å². The summed E-state index contributed by atoms with van der Waals surface area (Å²) in [7, 11) is 0. The van der Waals surface area contributed by atoms with E-state index in [1.165, 1.54) is 18.4 Å². The number of hydrogen-bond donors (Lipinski definition) is 1. The Morgan fingerprint density at radius 2 is 2.35 bits per heavy atom. The van der Waals surface area contributed by atoms with E-state index < -0.39 is 0 Å². The number of rotatable bonds is 3. The van der Waals surface area contributed by atoms with Gasteiger partial charge in [0.05, 0.1) is 4.34 Å². The van der Waals surface area contributed by atoms with Gasteiger partial charge in [0.15, 0.2) is 0 Å². The number of nitrogens with zero attached hydrogens (tertiary/aromatic N) is 1. The van der Waals surface area contributed by atoms with E-state index in [2.05, 4.69) is 30.2 Å². The van der Waals surface area contributed by atoms with Crippen LogP contribution in [-0.4, -0.2) is 24.0 Å². The molecule has 1 fully saturated rings. The van der Waals surface area contributed by atoms with Gasteiger partial charge in [0, 0.05) is 18.6 Å². The van der Waals surface area contributed by atoms with Gasteiger partial charge in [-0.1, -0.05) is 11.6 Å². The Labute approximate surface area is 113 Å². The standard InChI is InChI=1S/C13H21ClN2S/c1-9-3-4-11(6-15)7-16(9)10(2)12-5-13(14)17-8-12/h5,8-11H,3-4,6-7,15H2,1-2H3. The Bertz CT molecular complexity index is 366. The average molecular weight is 273 g/mol. The van der Waals surface area contributed by atoms with E-state index >= 15 is 0 Å². The summed E-state index contributed by atoms with van der Waals surface area (Å²) >= 11 is 7.63. The molecule has 0 aromatic carbocycles. The summed E-state index contributed by atoms with van der Waals surface area (Å²) in [5, 5.41) is 2.17. The topological polar surface area (TPSA) is 29.3 Å². The van der Waals surface area contributed by atoms with Gasteiger partial charge < -0.3 is 5.73 Å². The third kappa shape index (κ3) is 3.02. The minimum absolute atomic E-state index is 0.447. The van der Waals surface area contributed by atoms with Gasteiger partial charge in [-0.25, -0.2) is 0 Å². The molecule has 1 saturated heterocycles. The lowest BCUT2D eigenvalue weighted by Crippen LogP contribution is -2.44. The van der Waals surface area contributed by atoms with Crippen molar-refractivity contribution in [3.05, 3.63) is 21.3 Å².